The molecule has 10 heavy (non-hydrogen) atoms. The van der Waals surface area contributed by atoms with Crippen LogP contribution in [-0.2, 0) is 0 Å². The number of aromatic nitrogens is 2. The van der Waals surface area contributed by atoms with Crippen LogP contribution in [0.1, 0.15) is 0 Å². The predicted molar refractivity (Wildman–Crippen MR) is 32.0 cm³/mol. The molecule has 0 saturated heterocycles. The quantitative estimate of drug-likeness (QED) is 0.523. The molecule has 5 heteroatoms. The molecule has 0 saturated carbocycles. The maximum Gasteiger partial charge on any atom is 0.328 e. The molecule has 0 aromatic carbocycles. The Morgan fingerprint density at radius 3 is 2.70 bits per heavy atom. The first kappa shape index (κ1) is 6.73. The first-order chi connectivity index (χ1) is 4.61. The van der Waals surface area contributed by atoms with E-state index in [9.17, 15) is 14.0 Å². The van der Waals surface area contributed by atoms with E-state index in [4.69, 9.17) is 0 Å². The zero-order valence-electron chi connectivity index (χ0n) is 4.93. The lowest BCUT2D eigenvalue weighted by molar-refractivity contribution is 0.586. The summed E-state index contributed by atoms with van der Waals surface area (Å²) < 4.78 is 12.9. The second-order valence-corrected chi connectivity index (χ2v) is 1.71. The standard InChI is InChI=1S/C5H4FN2O2/c1-8-2-3(6)4(9)7-5(8)10/h2H,1H2,(H,7,9,10). The van der Waals surface area contributed by atoms with Gasteiger partial charge in [-0.1, -0.05) is 0 Å². The number of hydrogen-bond donors (Lipinski definition) is 1. The molecule has 0 unspecified atom stereocenters. The largest absolute Gasteiger partial charge is 0.328 e. The number of hydrogen-bond acceptors (Lipinski definition) is 2. The van der Waals surface area contributed by atoms with Gasteiger partial charge < -0.3 is 0 Å². The van der Waals surface area contributed by atoms with Gasteiger partial charge in [0.05, 0.1) is 6.20 Å². The highest BCUT2D eigenvalue weighted by Gasteiger charge is 1.98. The van der Waals surface area contributed by atoms with Gasteiger partial charge in [-0.25, -0.2) is 4.79 Å². The van der Waals surface area contributed by atoms with Crippen molar-refractivity contribution in [2.24, 2.45) is 0 Å². The highest BCUT2D eigenvalue weighted by molar-refractivity contribution is 4.87. The minimum Gasteiger partial charge on any atom is -0.296 e. The second-order valence-electron chi connectivity index (χ2n) is 1.71. The van der Waals surface area contributed by atoms with E-state index in [1.54, 1.807) is 4.98 Å². The fraction of sp³-hybridized carbons (Fsp3) is 0. The lowest BCUT2D eigenvalue weighted by Gasteiger charge is -1.91. The molecule has 0 aliphatic rings. The van der Waals surface area contributed by atoms with Gasteiger partial charge in [-0.05, 0) is 0 Å². The molecule has 0 fully saturated rings. The van der Waals surface area contributed by atoms with Gasteiger partial charge in [0.2, 0.25) is 5.82 Å². The van der Waals surface area contributed by atoms with Crippen molar-refractivity contribution in [1.82, 2.24) is 9.55 Å². The summed E-state index contributed by atoms with van der Waals surface area (Å²) in [7, 11) is 3.12. The molecule has 53 valence electrons. The average Bonchev–Trinajstić information content (AvgIpc) is 1.84. The zero-order chi connectivity index (χ0) is 7.72. The van der Waals surface area contributed by atoms with Crippen LogP contribution < -0.4 is 11.2 Å². The van der Waals surface area contributed by atoms with Crippen molar-refractivity contribution in [1.29, 1.82) is 0 Å². The van der Waals surface area contributed by atoms with Crippen LogP contribution in [0.5, 0.6) is 0 Å². The molecule has 1 N–H and O–H groups in total. The van der Waals surface area contributed by atoms with Crippen molar-refractivity contribution in [2.45, 2.75) is 0 Å². The Kier molecular flexibility index (Phi) is 1.41. The summed E-state index contributed by atoms with van der Waals surface area (Å²) >= 11 is 0. The van der Waals surface area contributed by atoms with E-state index in [2.05, 4.69) is 7.05 Å². The topological polar surface area (TPSA) is 54.9 Å². The molecule has 1 aromatic heterocycles. The monoisotopic (exact) mass is 143 g/mol. The Labute approximate surface area is 54.9 Å². The molecule has 0 spiro atoms. The number of aromatic amines is 1. The average molecular weight is 143 g/mol. The Hall–Kier alpha value is -1.39. The predicted octanol–water partition coefficient (Wildman–Crippen LogP) is -0.685. The molecule has 0 aliphatic heterocycles. The van der Waals surface area contributed by atoms with E-state index >= 15 is 0 Å². The number of nitrogens with one attached hydrogen (secondary N) is 1. The lowest BCUT2D eigenvalue weighted by atomic mass is 10.6. The third-order valence-corrected chi connectivity index (χ3v) is 0.967. The molecular formula is C5H4FN2O2. The molecule has 1 radical (unpaired) electrons. The van der Waals surface area contributed by atoms with Crippen LogP contribution in [0.2, 0.25) is 0 Å². The van der Waals surface area contributed by atoms with Crippen LogP contribution in [0.3, 0.4) is 0 Å². The SMILES string of the molecule is [CH2]n1cc(F)c(=O)[nH]c1=O. The third-order valence-electron chi connectivity index (χ3n) is 0.967. The summed E-state index contributed by atoms with van der Waals surface area (Å²) in [4.78, 5) is 22.5. The van der Waals surface area contributed by atoms with E-state index in [-0.39, 0.29) is 0 Å². The van der Waals surface area contributed by atoms with E-state index in [0.29, 0.717) is 4.57 Å². The Morgan fingerprint density at radius 2 is 2.20 bits per heavy atom. The molecule has 0 aliphatic carbocycles. The van der Waals surface area contributed by atoms with Gasteiger partial charge in [0.15, 0.2) is 0 Å². The number of H-pyrrole nitrogens is 1. The van der Waals surface area contributed by atoms with Crippen molar-refractivity contribution < 1.29 is 4.39 Å². The van der Waals surface area contributed by atoms with E-state index in [0.717, 1.165) is 6.20 Å². The second kappa shape index (κ2) is 2.09. The van der Waals surface area contributed by atoms with E-state index < -0.39 is 17.1 Å². The summed E-state index contributed by atoms with van der Waals surface area (Å²) in [5, 5.41) is 0. The summed E-state index contributed by atoms with van der Waals surface area (Å²) in [6.07, 6.45) is 0.723. The van der Waals surface area contributed by atoms with Crippen LogP contribution in [-0.4, -0.2) is 9.55 Å². The minimum absolute atomic E-state index is 0.705. The molecule has 1 heterocycles. The Bertz CT molecular complexity index is 320. The smallest absolute Gasteiger partial charge is 0.296 e. The molecule has 1 aromatic rings. The third kappa shape index (κ3) is 0.975. The summed E-state index contributed by atoms with van der Waals surface area (Å²) in [5.74, 6) is -1.02. The van der Waals surface area contributed by atoms with Crippen LogP contribution in [0, 0.1) is 12.9 Å². The zero-order valence-corrected chi connectivity index (χ0v) is 4.93. The first-order valence-corrected chi connectivity index (χ1v) is 2.43. The molecular weight excluding hydrogens is 139 g/mol. The summed E-state index contributed by atoms with van der Waals surface area (Å²) in [6, 6.07) is 0. The van der Waals surface area contributed by atoms with E-state index in [1.165, 1.54) is 0 Å². The van der Waals surface area contributed by atoms with Gasteiger partial charge in [-0.15, -0.1) is 0 Å². The Morgan fingerprint density at radius 1 is 1.60 bits per heavy atom. The highest BCUT2D eigenvalue weighted by atomic mass is 19.1. The van der Waals surface area contributed by atoms with Crippen molar-refractivity contribution in [2.75, 3.05) is 0 Å². The Balaban J connectivity index is 3.59. The minimum atomic E-state index is -1.02. The van der Waals surface area contributed by atoms with Crippen LogP contribution >= 0.6 is 0 Å². The van der Waals surface area contributed by atoms with Gasteiger partial charge in [-0.2, -0.15) is 4.39 Å². The van der Waals surface area contributed by atoms with Crippen LogP contribution in [0.15, 0.2) is 15.8 Å². The molecule has 0 amide bonds. The van der Waals surface area contributed by atoms with Crippen molar-refractivity contribution in [3.63, 3.8) is 0 Å². The molecule has 4 nitrogen and oxygen atoms in total. The van der Waals surface area contributed by atoms with Crippen molar-refractivity contribution >= 4 is 0 Å². The normalized spacial score (nSPS) is 9.80. The van der Waals surface area contributed by atoms with Gasteiger partial charge in [0, 0.05) is 7.05 Å². The van der Waals surface area contributed by atoms with Crippen molar-refractivity contribution in [3.05, 3.63) is 39.9 Å². The van der Waals surface area contributed by atoms with Gasteiger partial charge >= 0.3 is 5.69 Å². The van der Waals surface area contributed by atoms with Crippen LogP contribution in [0.4, 0.5) is 4.39 Å². The van der Waals surface area contributed by atoms with E-state index in [1.807, 2.05) is 0 Å². The maximum atomic E-state index is 12.2. The first-order valence-electron chi connectivity index (χ1n) is 2.43. The number of rotatable bonds is 0. The lowest BCUT2D eigenvalue weighted by Crippen LogP contribution is -2.28. The molecule has 0 bridgehead atoms. The fourth-order valence-electron chi connectivity index (χ4n) is 0.483. The summed E-state index contributed by atoms with van der Waals surface area (Å²) in [5.41, 5.74) is -1.75. The van der Waals surface area contributed by atoms with Crippen LogP contribution in [0.25, 0.3) is 0 Å². The highest BCUT2D eigenvalue weighted by Crippen LogP contribution is 1.79. The van der Waals surface area contributed by atoms with Gasteiger partial charge in [0.25, 0.3) is 5.56 Å². The van der Waals surface area contributed by atoms with Gasteiger partial charge in [-0.3, -0.25) is 14.3 Å². The summed E-state index contributed by atoms with van der Waals surface area (Å²) in [6.45, 7) is 0. The maximum absolute atomic E-state index is 12.2. The molecule has 0 atom stereocenters. The molecule has 1 rings (SSSR count). The van der Waals surface area contributed by atoms with Crippen molar-refractivity contribution in [3.8, 4) is 0 Å². The fourth-order valence-corrected chi connectivity index (χ4v) is 0.483. The van der Waals surface area contributed by atoms with Gasteiger partial charge in [0.1, 0.15) is 0 Å². The number of nitrogens with zero attached hydrogens (tertiary/aromatic N) is 1. The number of halogens is 1.